The molecule has 24 heavy (non-hydrogen) atoms. The molecule has 0 aromatic heterocycles. The van der Waals surface area contributed by atoms with Gasteiger partial charge in [0.1, 0.15) is 0 Å². The number of quaternary nitrogens is 2. The molecule has 4 nitrogen and oxygen atoms in total. The molecule has 0 radical (unpaired) electrons. The molecule has 1 aliphatic heterocycles. The minimum absolute atomic E-state index is 0.358. The maximum atomic E-state index is 5.56. The molecule has 0 saturated carbocycles. The van der Waals surface area contributed by atoms with Gasteiger partial charge in [0.25, 0.3) is 0 Å². The molecule has 0 spiro atoms. The topological polar surface area (TPSA) is 39.5 Å². The van der Waals surface area contributed by atoms with Crippen LogP contribution >= 0.6 is 0 Å². The van der Waals surface area contributed by atoms with Crippen LogP contribution in [0.5, 0.6) is 11.5 Å². The molecule has 0 saturated heterocycles. The van der Waals surface area contributed by atoms with Crippen LogP contribution in [-0.2, 0) is 0 Å². The molecule has 0 unspecified atom stereocenters. The Morgan fingerprint density at radius 1 is 1.04 bits per heavy atom. The van der Waals surface area contributed by atoms with Crippen molar-refractivity contribution in [3.63, 3.8) is 0 Å². The lowest BCUT2D eigenvalue weighted by Gasteiger charge is -2.18. The lowest BCUT2D eigenvalue weighted by molar-refractivity contribution is -0.860. The van der Waals surface area contributed by atoms with Crippen LogP contribution in [0.4, 0.5) is 0 Å². The van der Waals surface area contributed by atoms with E-state index in [4.69, 9.17) is 9.47 Å². The summed E-state index contributed by atoms with van der Waals surface area (Å²) in [6, 6.07) is 6.50. The summed E-state index contributed by atoms with van der Waals surface area (Å²) in [5.41, 5.74) is 1.41. The molecule has 1 atom stereocenters. The number of hydrogen-bond acceptors (Lipinski definition) is 2. The fourth-order valence-corrected chi connectivity index (χ4v) is 3.24. The van der Waals surface area contributed by atoms with Gasteiger partial charge >= 0.3 is 0 Å². The number of ether oxygens (including phenoxy) is 2. The minimum atomic E-state index is 0.358. The van der Waals surface area contributed by atoms with Gasteiger partial charge in [0.05, 0.1) is 33.7 Å². The molecule has 4 heteroatoms. The molecular formula is C20H36N2O2+2. The standard InChI is InChI=1S/C20H34N2O2/c1-16(2)6-7-17(10-12-21-11-5-13-22(3)4)18-8-9-19-20(14-18)24-15-23-19/h8-9,14,16-17,21H,5-7,10-13,15H2,1-4H3/p+2/t17-/m0/s1. The maximum Gasteiger partial charge on any atom is 0.231 e. The van der Waals surface area contributed by atoms with E-state index in [9.17, 15) is 0 Å². The Morgan fingerprint density at radius 3 is 2.58 bits per heavy atom. The van der Waals surface area contributed by atoms with E-state index < -0.39 is 0 Å². The fourth-order valence-electron chi connectivity index (χ4n) is 3.24. The molecule has 0 fully saturated rings. The molecule has 1 aliphatic rings. The number of nitrogens with two attached hydrogens (primary N) is 1. The second-order valence-electron chi connectivity index (χ2n) is 7.75. The van der Waals surface area contributed by atoms with Crippen molar-refractivity contribution in [2.75, 3.05) is 40.5 Å². The molecule has 1 aromatic rings. The monoisotopic (exact) mass is 336 g/mol. The van der Waals surface area contributed by atoms with Gasteiger partial charge in [-0.2, -0.15) is 0 Å². The highest BCUT2D eigenvalue weighted by Crippen LogP contribution is 2.36. The Balaban J connectivity index is 1.85. The number of fused-ring (bicyclic) bond motifs is 1. The quantitative estimate of drug-likeness (QED) is 0.600. The number of benzene rings is 1. The summed E-state index contributed by atoms with van der Waals surface area (Å²) in [6.07, 6.45) is 5.07. The van der Waals surface area contributed by atoms with Crippen molar-refractivity contribution in [3.05, 3.63) is 23.8 Å². The molecule has 0 aliphatic carbocycles. The first kappa shape index (κ1) is 19.1. The molecule has 2 rings (SSSR count). The highest BCUT2D eigenvalue weighted by atomic mass is 16.7. The normalized spacial score (nSPS) is 14.6. The van der Waals surface area contributed by atoms with E-state index in [-0.39, 0.29) is 0 Å². The predicted molar refractivity (Wildman–Crippen MR) is 97.9 cm³/mol. The van der Waals surface area contributed by atoms with Gasteiger partial charge in [0, 0.05) is 12.8 Å². The average Bonchev–Trinajstić information content (AvgIpc) is 3.00. The Bertz CT molecular complexity index is 489. The van der Waals surface area contributed by atoms with Crippen molar-refractivity contribution in [2.24, 2.45) is 5.92 Å². The first-order valence-corrected chi connectivity index (χ1v) is 9.56. The van der Waals surface area contributed by atoms with Gasteiger partial charge in [0.15, 0.2) is 11.5 Å². The summed E-state index contributed by atoms with van der Waals surface area (Å²) < 4.78 is 11.0. The lowest BCUT2D eigenvalue weighted by atomic mass is 9.88. The van der Waals surface area contributed by atoms with Crippen LogP contribution < -0.4 is 19.7 Å². The molecule has 1 aromatic carbocycles. The van der Waals surface area contributed by atoms with Crippen LogP contribution in [0.25, 0.3) is 0 Å². The van der Waals surface area contributed by atoms with E-state index in [1.807, 2.05) is 0 Å². The zero-order chi connectivity index (χ0) is 17.4. The minimum Gasteiger partial charge on any atom is -0.454 e. The van der Waals surface area contributed by atoms with E-state index >= 15 is 0 Å². The van der Waals surface area contributed by atoms with Gasteiger partial charge in [-0.1, -0.05) is 26.3 Å². The van der Waals surface area contributed by atoms with Crippen molar-refractivity contribution >= 4 is 0 Å². The van der Waals surface area contributed by atoms with Crippen LogP contribution in [0.1, 0.15) is 51.0 Å². The summed E-state index contributed by atoms with van der Waals surface area (Å²) >= 11 is 0. The zero-order valence-corrected chi connectivity index (χ0v) is 15.9. The predicted octanol–water partition coefficient (Wildman–Crippen LogP) is 1.42. The maximum absolute atomic E-state index is 5.56. The third-order valence-electron chi connectivity index (χ3n) is 4.76. The Hall–Kier alpha value is -1.26. The second-order valence-corrected chi connectivity index (χ2v) is 7.75. The zero-order valence-electron chi connectivity index (χ0n) is 15.9. The van der Waals surface area contributed by atoms with Gasteiger partial charge in [-0.15, -0.1) is 0 Å². The van der Waals surface area contributed by atoms with Crippen molar-refractivity contribution in [2.45, 2.75) is 45.4 Å². The summed E-state index contributed by atoms with van der Waals surface area (Å²) in [6.45, 7) is 8.69. The number of hydrogen-bond donors (Lipinski definition) is 2. The van der Waals surface area contributed by atoms with E-state index in [2.05, 4.69) is 51.5 Å². The highest BCUT2D eigenvalue weighted by molar-refractivity contribution is 5.45. The summed E-state index contributed by atoms with van der Waals surface area (Å²) in [4.78, 5) is 1.54. The fraction of sp³-hybridized carbons (Fsp3) is 0.700. The molecule has 0 bridgehead atoms. The largest absolute Gasteiger partial charge is 0.454 e. The van der Waals surface area contributed by atoms with Crippen LogP contribution in [-0.4, -0.2) is 40.5 Å². The molecule has 3 N–H and O–H groups in total. The molecular weight excluding hydrogens is 300 g/mol. The first-order chi connectivity index (χ1) is 11.6. The van der Waals surface area contributed by atoms with Crippen LogP contribution in [0.15, 0.2) is 18.2 Å². The summed E-state index contributed by atoms with van der Waals surface area (Å²) in [5, 5.41) is 2.48. The number of nitrogens with one attached hydrogen (secondary N) is 1. The summed E-state index contributed by atoms with van der Waals surface area (Å²) in [5.74, 6) is 3.19. The lowest BCUT2D eigenvalue weighted by Crippen LogP contribution is -3.06. The van der Waals surface area contributed by atoms with Gasteiger partial charge in [-0.05, 0) is 36.0 Å². The third-order valence-corrected chi connectivity index (χ3v) is 4.76. The van der Waals surface area contributed by atoms with E-state index in [1.54, 1.807) is 4.90 Å². The summed E-state index contributed by atoms with van der Waals surface area (Å²) in [7, 11) is 4.45. The van der Waals surface area contributed by atoms with E-state index in [0.717, 1.165) is 17.4 Å². The highest BCUT2D eigenvalue weighted by Gasteiger charge is 2.18. The Morgan fingerprint density at radius 2 is 1.83 bits per heavy atom. The second kappa shape index (κ2) is 9.90. The Labute approximate surface area is 147 Å². The molecule has 1 heterocycles. The van der Waals surface area contributed by atoms with E-state index in [1.165, 1.54) is 50.9 Å². The van der Waals surface area contributed by atoms with Crippen LogP contribution in [0, 0.1) is 5.92 Å². The van der Waals surface area contributed by atoms with Crippen molar-refractivity contribution in [1.82, 2.24) is 0 Å². The van der Waals surface area contributed by atoms with Crippen molar-refractivity contribution in [1.29, 1.82) is 0 Å². The third kappa shape index (κ3) is 6.33. The Kier molecular flexibility index (Phi) is 7.86. The first-order valence-electron chi connectivity index (χ1n) is 9.56. The van der Waals surface area contributed by atoms with Gasteiger partial charge in [-0.3, -0.25) is 0 Å². The number of rotatable bonds is 11. The SMILES string of the molecule is CC(C)CC[C@@H](CC[NH2+]CCC[NH+](C)C)c1ccc2c(c1)OCO2. The van der Waals surface area contributed by atoms with Gasteiger partial charge in [-0.25, -0.2) is 0 Å². The average molecular weight is 337 g/mol. The van der Waals surface area contributed by atoms with Crippen molar-refractivity contribution < 1.29 is 19.7 Å². The molecule has 0 amide bonds. The van der Waals surface area contributed by atoms with Gasteiger partial charge < -0.3 is 19.7 Å². The van der Waals surface area contributed by atoms with Gasteiger partial charge in [0.2, 0.25) is 6.79 Å². The van der Waals surface area contributed by atoms with E-state index in [0.29, 0.717) is 12.7 Å². The van der Waals surface area contributed by atoms with Crippen molar-refractivity contribution in [3.8, 4) is 11.5 Å². The van der Waals surface area contributed by atoms with Crippen LogP contribution in [0.3, 0.4) is 0 Å². The van der Waals surface area contributed by atoms with Crippen LogP contribution in [0.2, 0.25) is 0 Å². The molecule has 136 valence electrons. The smallest absolute Gasteiger partial charge is 0.231 e.